The molecule has 0 spiro atoms. The molecular formula is C11H14ClNO6S. The Morgan fingerprint density at radius 2 is 2.05 bits per heavy atom. The molecule has 1 rings (SSSR count). The number of ether oxygens (including phenoxy) is 2. The van der Waals surface area contributed by atoms with Crippen molar-refractivity contribution in [2.45, 2.75) is 31.3 Å². The van der Waals surface area contributed by atoms with Gasteiger partial charge in [0.15, 0.2) is 11.5 Å². The minimum Gasteiger partial charge on any atom is -0.492 e. The van der Waals surface area contributed by atoms with Crippen molar-refractivity contribution in [1.29, 1.82) is 0 Å². The Kier molecular flexibility index (Phi) is 5.18. The first-order valence-electron chi connectivity index (χ1n) is 5.68. The van der Waals surface area contributed by atoms with E-state index < -0.39 is 24.6 Å². The second-order valence-corrected chi connectivity index (χ2v) is 6.54. The molecule has 0 aliphatic carbocycles. The molecule has 0 aromatic heterocycles. The van der Waals surface area contributed by atoms with E-state index in [1.54, 1.807) is 6.92 Å². The fourth-order valence-electron chi connectivity index (χ4n) is 1.44. The van der Waals surface area contributed by atoms with Crippen LogP contribution in [-0.4, -0.2) is 26.6 Å². The van der Waals surface area contributed by atoms with Gasteiger partial charge < -0.3 is 9.47 Å². The van der Waals surface area contributed by atoms with E-state index in [0.29, 0.717) is 6.42 Å². The number of nitro groups is 1. The highest BCUT2D eigenvalue weighted by Crippen LogP contribution is 2.40. The molecule has 0 aliphatic rings. The van der Waals surface area contributed by atoms with Crippen molar-refractivity contribution in [3.05, 3.63) is 22.2 Å². The lowest BCUT2D eigenvalue weighted by atomic mass is 10.2. The number of hydrogen-bond acceptors (Lipinski definition) is 6. The summed E-state index contributed by atoms with van der Waals surface area (Å²) in [6.07, 6.45) is 0.367. The summed E-state index contributed by atoms with van der Waals surface area (Å²) in [7, 11) is 2.30. The van der Waals surface area contributed by atoms with Crippen LogP contribution in [0.5, 0.6) is 11.5 Å². The summed E-state index contributed by atoms with van der Waals surface area (Å²) >= 11 is 0. The normalized spacial score (nSPS) is 12.8. The van der Waals surface area contributed by atoms with Crippen molar-refractivity contribution in [3.63, 3.8) is 0 Å². The van der Waals surface area contributed by atoms with Gasteiger partial charge in [-0.2, -0.15) is 0 Å². The summed E-state index contributed by atoms with van der Waals surface area (Å²) in [5.41, 5.74) is -0.441. The Labute approximate surface area is 121 Å². The Bertz CT molecular complexity index is 616. The first-order valence-corrected chi connectivity index (χ1v) is 7.99. The smallest absolute Gasteiger partial charge is 0.274 e. The molecule has 112 valence electrons. The molecule has 1 unspecified atom stereocenters. The second-order valence-electron chi connectivity index (χ2n) is 4.01. The van der Waals surface area contributed by atoms with E-state index in [1.165, 1.54) is 7.11 Å². The van der Waals surface area contributed by atoms with E-state index in [2.05, 4.69) is 0 Å². The average Bonchev–Trinajstić information content (AvgIpc) is 2.36. The molecule has 0 radical (unpaired) electrons. The van der Waals surface area contributed by atoms with Gasteiger partial charge in [0.2, 0.25) is 0 Å². The molecule has 0 amide bonds. The molecule has 9 heteroatoms. The summed E-state index contributed by atoms with van der Waals surface area (Å²) in [4.78, 5) is 9.64. The molecule has 0 aliphatic heterocycles. The molecule has 0 heterocycles. The van der Waals surface area contributed by atoms with Gasteiger partial charge in [0.25, 0.3) is 14.7 Å². The van der Waals surface area contributed by atoms with E-state index in [0.717, 1.165) is 12.1 Å². The first-order chi connectivity index (χ1) is 9.20. The summed E-state index contributed by atoms with van der Waals surface area (Å²) in [6, 6.07) is 1.95. The van der Waals surface area contributed by atoms with Gasteiger partial charge in [0.05, 0.1) is 24.2 Å². The van der Waals surface area contributed by atoms with Gasteiger partial charge in [0, 0.05) is 16.7 Å². The fourth-order valence-corrected chi connectivity index (χ4v) is 2.45. The highest BCUT2D eigenvalue weighted by Gasteiger charge is 2.26. The van der Waals surface area contributed by atoms with Crippen LogP contribution in [0, 0.1) is 10.1 Å². The Morgan fingerprint density at radius 3 is 2.45 bits per heavy atom. The van der Waals surface area contributed by atoms with Crippen molar-refractivity contribution < 1.29 is 22.8 Å². The van der Waals surface area contributed by atoms with Gasteiger partial charge in [-0.15, -0.1) is 0 Å². The van der Waals surface area contributed by atoms with Crippen LogP contribution in [0.1, 0.15) is 20.3 Å². The molecule has 0 saturated heterocycles. The van der Waals surface area contributed by atoms with Crippen molar-refractivity contribution in [2.24, 2.45) is 0 Å². The summed E-state index contributed by atoms with van der Waals surface area (Å²) in [6.45, 7) is 3.60. The number of rotatable bonds is 6. The standard InChI is InChI=1S/C11H14ClNO6S/c1-4-7(2)19-9-5-8(13(14)15)6-10(11(9)18-3)20(12,16)17/h5-7H,4H2,1-3H3. The van der Waals surface area contributed by atoms with Crippen LogP contribution in [-0.2, 0) is 9.05 Å². The van der Waals surface area contributed by atoms with Crippen molar-refractivity contribution in [1.82, 2.24) is 0 Å². The Balaban J connectivity index is 3.55. The predicted molar refractivity (Wildman–Crippen MR) is 73.1 cm³/mol. The fraction of sp³-hybridized carbons (Fsp3) is 0.455. The van der Waals surface area contributed by atoms with E-state index in [1.807, 2.05) is 6.92 Å². The maximum absolute atomic E-state index is 11.5. The van der Waals surface area contributed by atoms with Crippen LogP contribution in [0.4, 0.5) is 5.69 Å². The third-order valence-corrected chi connectivity index (χ3v) is 3.91. The highest BCUT2D eigenvalue weighted by atomic mass is 35.7. The number of benzene rings is 1. The lowest BCUT2D eigenvalue weighted by Crippen LogP contribution is -2.12. The molecular weight excluding hydrogens is 310 g/mol. The molecule has 1 aromatic rings. The third-order valence-electron chi connectivity index (χ3n) is 2.59. The SMILES string of the molecule is CCC(C)Oc1cc([N+](=O)[O-])cc(S(=O)(=O)Cl)c1OC. The van der Waals surface area contributed by atoms with Crippen LogP contribution >= 0.6 is 10.7 Å². The Hall–Kier alpha value is -1.54. The lowest BCUT2D eigenvalue weighted by Gasteiger charge is -2.16. The van der Waals surface area contributed by atoms with E-state index >= 15 is 0 Å². The van der Waals surface area contributed by atoms with E-state index in [4.69, 9.17) is 20.2 Å². The monoisotopic (exact) mass is 323 g/mol. The van der Waals surface area contributed by atoms with Gasteiger partial charge in [-0.25, -0.2) is 8.42 Å². The number of hydrogen-bond donors (Lipinski definition) is 0. The van der Waals surface area contributed by atoms with Gasteiger partial charge in [-0.1, -0.05) is 6.92 Å². The predicted octanol–water partition coefficient (Wildman–Crippen LogP) is 2.71. The number of methoxy groups -OCH3 is 1. The second kappa shape index (κ2) is 6.27. The van der Waals surface area contributed by atoms with Gasteiger partial charge in [-0.05, 0) is 13.3 Å². The van der Waals surface area contributed by atoms with Crippen LogP contribution < -0.4 is 9.47 Å². The lowest BCUT2D eigenvalue weighted by molar-refractivity contribution is -0.385. The van der Waals surface area contributed by atoms with Crippen molar-refractivity contribution in [2.75, 3.05) is 7.11 Å². The van der Waals surface area contributed by atoms with E-state index in [-0.39, 0.29) is 17.6 Å². The first kappa shape index (κ1) is 16.5. The average molecular weight is 324 g/mol. The maximum atomic E-state index is 11.5. The summed E-state index contributed by atoms with van der Waals surface area (Å²) < 4.78 is 33.4. The molecule has 20 heavy (non-hydrogen) atoms. The van der Waals surface area contributed by atoms with Crippen LogP contribution in [0.3, 0.4) is 0 Å². The highest BCUT2D eigenvalue weighted by molar-refractivity contribution is 8.13. The summed E-state index contributed by atoms with van der Waals surface area (Å²) in [5.74, 6) is -0.179. The zero-order valence-corrected chi connectivity index (χ0v) is 12.7. The summed E-state index contributed by atoms with van der Waals surface area (Å²) in [5, 5.41) is 10.9. The van der Waals surface area contributed by atoms with Crippen LogP contribution in [0.2, 0.25) is 0 Å². The zero-order valence-electron chi connectivity index (χ0n) is 11.1. The molecule has 1 aromatic carbocycles. The van der Waals surface area contributed by atoms with Crippen molar-refractivity contribution in [3.8, 4) is 11.5 Å². The molecule has 0 N–H and O–H groups in total. The molecule has 1 atom stereocenters. The van der Waals surface area contributed by atoms with Crippen molar-refractivity contribution >= 4 is 25.4 Å². The molecule has 0 saturated carbocycles. The number of nitro benzene ring substituents is 1. The van der Waals surface area contributed by atoms with E-state index in [9.17, 15) is 18.5 Å². The zero-order chi connectivity index (χ0) is 15.5. The Morgan fingerprint density at radius 1 is 1.45 bits per heavy atom. The maximum Gasteiger partial charge on any atom is 0.274 e. The van der Waals surface area contributed by atoms with Crippen LogP contribution in [0.25, 0.3) is 0 Å². The minimum atomic E-state index is -4.20. The quantitative estimate of drug-likeness (QED) is 0.453. The molecule has 0 bridgehead atoms. The molecule has 0 fully saturated rings. The third kappa shape index (κ3) is 3.73. The minimum absolute atomic E-state index is 0.0322. The number of nitrogens with zero attached hydrogens (tertiary/aromatic N) is 1. The van der Waals surface area contributed by atoms with Gasteiger partial charge in [-0.3, -0.25) is 10.1 Å². The topological polar surface area (TPSA) is 95.7 Å². The van der Waals surface area contributed by atoms with Gasteiger partial charge in [0.1, 0.15) is 4.90 Å². The molecule has 7 nitrogen and oxygen atoms in total. The van der Waals surface area contributed by atoms with Gasteiger partial charge >= 0.3 is 0 Å². The van der Waals surface area contributed by atoms with Crippen LogP contribution in [0.15, 0.2) is 17.0 Å². The number of non-ortho nitro benzene ring substituents is 1. The number of halogens is 1. The largest absolute Gasteiger partial charge is 0.492 e.